The third-order valence-corrected chi connectivity index (χ3v) is 7.62. The molecule has 1 aromatic rings. The SMILES string of the molecule is C[C@@]1(NS(=O)(=O)c2c(F)cc(F)cc2Br)CCS(=O)(=O)C1. The summed E-state index contributed by atoms with van der Waals surface area (Å²) in [4.78, 5) is -0.741. The summed E-state index contributed by atoms with van der Waals surface area (Å²) in [6.45, 7) is 1.43. The lowest BCUT2D eigenvalue weighted by atomic mass is 10.0. The van der Waals surface area contributed by atoms with Crippen LogP contribution in [0.5, 0.6) is 0 Å². The summed E-state index contributed by atoms with van der Waals surface area (Å²) >= 11 is 2.81. The van der Waals surface area contributed by atoms with Gasteiger partial charge in [0.25, 0.3) is 0 Å². The summed E-state index contributed by atoms with van der Waals surface area (Å²) in [7, 11) is -7.66. The van der Waals surface area contributed by atoms with Gasteiger partial charge in [-0.1, -0.05) is 0 Å². The Morgan fingerprint density at radius 2 is 1.95 bits per heavy atom. The predicted octanol–water partition coefficient (Wildman–Crippen LogP) is 1.58. The van der Waals surface area contributed by atoms with Crippen LogP contribution >= 0.6 is 15.9 Å². The molecule has 1 fully saturated rings. The Hall–Kier alpha value is -0.580. The molecule has 0 saturated carbocycles. The van der Waals surface area contributed by atoms with Crippen molar-refractivity contribution < 1.29 is 25.6 Å². The monoisotopic (exact) mass is 403 g/mol. The smallest absolute Gasteiger partial charge is 0.229 e. The minimum Gasteiger partial charge on any atom is -0.229 e. The first-order valence-electron chi connectivity index (χ1n) is 5.83. The highest BCUT2D eigenvalue weighted by Crippen LogP contribution is 2.30. The average Bonchev–Trinajstić information content (AvgIpc) is 2.48. The maximum atomic E-state index is 13.8. The Morgan fingerprint density at radius 1 is 1.33 bits per heavy atom. The van der Waals surface area contributed by atoms with Crippen LogP contribution in [-0.4, -0.2) is 33.9 Å². The van der Waals surface area contributed by atoms with Gasteiger partial charge in [0.1, 0.15) is 16.5 Å². The zero-order valence-electron chi connectivity index (χ0n) is 10.9. The molecule has 1 heterocycles. The Morgan fingerprint density at radius 3 is 2.43 bits per heavy atom. The molecule has 0 aromatic heterocycles. The lowest BCUT2D eigenvalue weighted by Gasteiger charge is -2.24. The van der Waals surface area contributed by atoms with Crippen molar-refractivity contribution in [2.24, 2.45) is 0 Å². The summed E-state index contributed by atoms with van der Waals surface area (Å²) in [5.41, 5.74) is -1.21. The van der Waals surface area contributed by atoms with E-state index in [0.29, 0.717) is 6.07 Å². The fourth-order valence-corrected chi connectivity index (χ4v) is 7.04. The van der Waals surface area contributed by atoms with Gasteiger partial charge < -0.3 is 0 Å². The second-order valence-corrected chi connectivity index (χ2v) is 9.86. The van der Waals surface area contributed by atoms with E-state index in [1.165, 1.54) is 6.92 Å². The number of hydrogen-bond donors (Lipinski definition) is 1. The minimum atomic E-state index is -4.33. The van der Waals surface area contributed by atoms with Gasteiger partial charge in [0.2, 0.25) is 10.0 Å². The molecule has 118 valence electrons. The maximum Gasteiger partial charge on any atom is 0.245 e. The Balaban J connectivity index is 2.41. The van der Waals surface area contributed by atoms with Crippen LogP contribution in [0.25, 0.3) is 0 Å². The van der Waals surface area contributed by atoms with Crippen molar-refractivity contribution >= 4 is 35.8 Å². The van der Waals surface area contributed by atoms with Gasteiger partial charge in [-0.25, -0.2) is 30.3 Å². The van der Waals surface area contributed by atoms with Crippen LogP contribution < -0.4 is 4.72 Å². The molecule has 0 bridgehead atoms. The van der Waals surface area contributed by atoms with Gasteiger partial charge in [0.15, 0.2) is 9.84 Å². The van der Waals surface area contributed by atoms with Crippen LogP contribution in [0.3, 0.4) is 0 Å². The Kier molecular flexibility index (Phi) is 4.20. The van der Waals surface area contributed by atoms with E-state index in [4.69, 9.17) is 0 Å². The molecule has 1 atom stereocenters. The van der Waals surface area contributed by atoms with Gasteiger partial charge in [-0.3, -0.25) is 0 Å². The number of halogens is 3. The molecule has 0 aliphatic carbocycles. The number of nitrogens with one attached hydrogen (secondary N) is 1. The number of hydrogen-bond acceptors (Lipinski definition) is 4. The van der Waals surface area contributed by atoms with Gasteiger partial charge in [-0.15, -0.1) is 0 Å². The van der Waals surface area contributed by atoms with Crippen molar-refractivity contribution in [2.45, 2.75) is 23.8 Å². The Labute approximate surface area is 129 Å². The van der Waals surface area contributed by atoms with E-state index in [-0.39, 0.29) is 22.4 Å². The predicted molar refractivity (Wildman–Crippen MR) is 76.1 cm³/mol. The van der Waals surface area contributed by atoms with Crippen molar-refractivity contribution in [3.05, 3.63) is 28.2 Å². The first kappa shape index (κ1) is 16.8. The first-order chi connectivity index (χ1) is 9.44. The molecule has 2 rings (SSSR count). The lowest BCUT2D eigenvalue weighted by molar-refractivity contribution is 0.458. The first-order valence-corrected chi connectivity index (χ1v) is 9.93. The van der Waals surface area contributed by atoms with Gasteiger partial charge in [-0.05, 0) is 35.3 Å². The second kappa shape index (κ2) is 5.25. The van der Waals surface area contributed by atoms with Crippen molar-refractivity contribution in [1.29, 1.82) is 0 Å². The average molecular weight is 404 g/mol. The summed E-state index contributed by atoms with van der Waals surface area (Å²) in [6, 6.07) is 1.28. The molecule has 1 aromatic carbocycles. The number of sulfonamides is 1. The fourth-order valence-electron chi connectivity index (χ4n) is 2.25. The molecule has 21 heavy (non-hydrogen) atoms. The molecule has 1 saturated heterocycles. The number of rotatable bonds is 3. The van der Waals surface area contributed by atoms with E-state index in [1.807, 2.05) is 0 Å². The zero-order chi connectivity index (χ0) is 16.1. The largest absolute Gasteiger partial charge is 0.245 e. The second-order valence-electron chi connectivity index (χ2n) is 5.21. The van der Waals surface area contributed by atoms with E-state index in [1.54, 1.807) is 0 Å². The normalized spacial score (nSPS) is 25.1. The molecule has 10 heteroatoms. The third-order valence-electron chi connectivity index (χ3n) is 3.12. The van der Waals surface area contributed by atoms with Gasteiger partial charge in [-0.2, -0.15) is 0 Å². The molecule has 1 N–H and O–H groups in total. The standard InChI is InChI=1S/C11H12BrF2NO4S2/c1-11(2-3-20(16,17)6-11)15-21(18,19)10-8(12)4-7(13)5-9(10)14/h4-5,15H,2-3,6H2,1H3/t11-/m1/s1. The van der Waals surface area contributed by atoms with E-state index < -0.39 is 41.9 Å². The van der Waals surface area contributed by atoms with Gasteiger partial charge in [0.05, 0.1) is 11.5 Å². The van der Waals surface area contributed by atoms with Crippen LogP contribution in [0.2, 0.25) is 0 Å². The molecule has 0 spiro atoms. The zero-order valence-corrected chi connectivity index (χ0v) is 14.1. The quantitative estimate of drug-likeness (QED) is 0.830. The van der Waals surface area contributed by atoms with E-state index in [2.05, 4.69) is 20.7 Å². The van der Waals surface area contributed by atoms with Crippen LogP contribution in [0, 0.1) is 11.6 Å². The van der Waals surface area contributed by atoms with Crippen LogP contribution in [-0.2, 0) is 19.9 Å². The van der Waals surface area contributed by atoms with Crippen LogP contribution in [0.15, 0.2) is 21.5 Å². The molecule has 0 amide bonds. The fraction of sp³-hybridized carbons (Fsp3) is 0.455. The van der Waals surface area contributed by atoms with E-state index in [9.17, 15) is 25.6 Å². The van der Waals surface area contributed by atoms with Crippen LogP contribution in [0.1, 0.15) is 13.3 Å². The summed E-state index contributed by atoms with van der Waals surface area (Å²) in [6.07, 6.45) is 0.0923. The minimum absolute atomic E-state index is 0.0923. The molecule has 1 aliphatic rings. The highest BCUT2D eigenvalue weighted by Gasteiger charge is 2.42. The molecule has 5 nitrogen and oxygen atoms in total. The van der Waals surface area contributed by atoms with Crippen molar-refractivity contribution in [3.63, 3.8) is 0 Å². The lowest BCUT2D eigenvalue weighted by Crippen LogP contribution is -2.47. The molecule has 0 unspecified atom stereocenters. The number of benzene rings is 1. The van der Waals surface area contributed by atoms with Gasteiger partial charge >= 0.3 is 0 Å². The van der Waals surface area contributed by atoms with Crippen molar-refractivity contribution in [3.8, 4) is 0 Å². The summed E-state index contributed by atoms with van der Waals surface area (Å²) in [5.74, 6) is -2.68. The molecular formula is C11H12BrF2NO4S2. The molecule has 1 aliphatic heterocycles. The van der Waals surface area contributed by atoms with Crippen molar-refractivity contribution in [1.82, 2.24) is 4.72 Å². The maximum absolute atomic E-state index is 13.8. The summed E-state index contributed by atoms with van der Waals surface area (Å²) < 4.78 is 76.2. The van der Waals surface area contributed by atoms with Gasteiger partial charge in [0, 0.05) is 16.1 Å². The van der Waals surface area contributed by atoms with Crippen LogP contribution in [0.4, 0.5) is 8.78 Å². The van der Waals surface area contributed by atoms with Crippen molar-refractivity contribution in [2.75, 3.05) is 11.5 Å². The molecule has 0 radical (unpaired) electrons. The number of sulfone groups is 1. The van der Waals surface area contributed by atoms with E-state index >= 15 is 0 Å². The summed E-state index contributed by atoms with van der Waals surface area (Å²) in [5, 5.41) is 0. The highest BCUT2D eigenvalue weighted by atomic mass is 79.9. The highest BCUT2D eigenvalue weighted by molar-refractivity contribution is 9.10. The van der Waals surface area contributed by atoms with E-state index in [0.717, 1.165) is 6.07 Å². The third kappa shape index (κ3) is 3.61. The molecular weight excluding hydrogens is 392 g/mol. The Bertz CT molecular complexity index is 771. The topological polar surface area (TPSA) is 80.3 Å².